The summed E-state index contributed by atoms with van der Waals surface area (Å²) in [4.78, 5) is 4.44. The van der Waals surface area contributed by atoms with Gasteiger partial charge in [0.25, 0.3) is 0 Å². The molecule has 0 amide bonds. The average Bonchev–Trinajstić information content (AvgIpc) is 3.02. The minimum atomic E-state index is -1.11. The zero-order chi connectivity index (χ0) is 18.3. The summed E-state index contributed by atoms with van der Waals surface area (Å²) in [5.74, 6) is 0.383. The number of rotatable bonds is 7. The molecule has 1 atom stereocenters. The predicted molar refractivity (Wildman–Crippen MR) is 96.9 cm³/mol. The number of hydrogen-bond acceptors (Lipinski definition) is 3. The van der Waals surface area contributed by atoms with Crippen molar-refractivity contribution in [3.05, 3.63) is 53.6 Å². The first kappa shape index (κ1) is 18.9. The average molecular weight is 347 g/mol. The number of hydrogen-bond donors (Lipinski definition) is 3. The Morgan fingerprint density at radius 2 is 2.12 bits per heavy atom. The molecule has 0 aliphatic rings. The molecule has 0 fully saturated rings. The van der Waals surface area contributed by atoms with Crippen molar-refractivity contribution in [1.82, 2.24) is 20.4 Å². The normalized spacial score (nSPS) is 14.2. The second-order valence-electron chi connectivity index (χ2n) is 6.14. The fourth-order valence-electron chi connectivity index (χ4n) is 2.38. The van der Waals surface area contributed by atoms with Crippen molar-refractivity contribution in [2.75, 3.05) is 19.6 Å². The molecule has 0 radical (unpaired) electrons. The molecule has 0 saturated carbocycles. The van der Waals surface area contributed by atoms with E-state index in [-0.39, 0.29) is 12.4 Å². The zero-order valence-electron chi connectivity index (χ0n) is 15.0. The standard InChI is InChI=1S/C18H26FN5O/c1-4-20-17(21-10-9-14-7-5-6-8-16(14)19)22-13-18(2,25)15-11-23-24(3)12-15/h5-8,11-12,25H,4,9-10,13H2,1-3H3,(H2,20,21,22). The van der Waals surface area contributed by atoms with Crippen LogP contribution in [0.2, 0.25) is 0 Å². The lowest BCUT2D eigenvalue weighted by Gasteiger charge is -2.20. The summed E-state index contributed by atoms with van der Waals surface area (Å²) in [5, 5.41) is 21.0. The van der Waals surface area contributed by atoms with Crippen LogP contribution in [0.5, 0.6) is 0 Å². The number of aryl methyl sites for hydroxylation is 1. The van der Waals surface area contributed by atoms with Gasteiger partial charge in [-0.15, -0.1) is 0 Å². The first-order valence-corrected chi connectivity index (χ1v) is 8.39. The number of aromatic nitrogens is 2. The van der Waals surface area contributed by atoms with Gasteiger partial charge in [-0.05, 0) is 31.9 Å². The van der Waals surface area contributed by atoms with Crippen molar-refractivity contribution in [2.24, 2.45) is 12.0 Å². The minimum absolute atomic E-state index is 0.188. The van der Waals surface area contributed by atoms with Crippen molar-refractivity contribution in [3.63, 3.8) is 0 Å². The quantitative estimate of drug-likeness (QED) is 0.525. The Balaban J connectivity index is 1.94. The summed E-state index contributed by atoms with van der Waals surface area (Å²) in [7, 11) is 1.80. The van der Waals surface area contributed by atoms with Crippen LogP contribution in [0.3, 0.4) is 0 Å². The lowest BCUT2D eigenvalue weighted by Crippen LogP contribution is -2.39. The highest BCUT2D eigenvalue weighted by Crippen LogP contribution is 2.19. The Labute approximate surface area is 147 Å². The van der Waals surface area contributed by atoms with Gasteiger partial charge in [0, 0.05) is 31.9 Å². The zero-order valence-corrected chi connectivity index (χ0v) is 15.0. The van der Waals surface area contributed by atoms with E-state index in [2.05, 4.69) is 20.7 Å². The Morgan fingerprint density at radius 3 is 2.76 bits per heavy atom. The van der Waals surface area contributed by atoms with Crippen LogP contribution in [0.1, 0.15) is 25.0 Å². The second-order valence-corrected chi connectivity index (χ2v) is 6.14. The van der Waals surface area contributed by atoms with E-state index >= 15 is 0 Å². The van der Waals surface area contributed by atoms with Gasteiger partial charge in [-0.25, -0.2) is 9.38 Å². The van der Waals surface area contributed by atoms with Crippen LogP contribution in [0.25, 0.3) is 0 Å². The summed E-state index contributed by atoms with van der Waals surface area (Å²) in [6.07, 6.45) is 3.96. The number of halogens is 1. The van der Waals surface area contributed by atoms with Gasteiger partial charge in [-0.3, -0.25) is 4.68 Å². The van der Waals surface area contributed by atoms with E-state index in [1.54, 1.807) is 43.2 Å². The van der Waals surface area contributed by atoms with Crippen molar-refractivity contribution >= 4 is 5.96 Å². The van der Waals surface area contributed by atoms with Crippen LogP contribution in [0, 0.1) is 5.82 Å². The molecular formula is C18H26FN5O. The summed E-state index contributed by atoms with van der Waals surface area (Å²) in [6, 6.07) is 6.73. The van der Waals surface area contributed by atoms with E-state index in [4.69, 9.17) is 0 Å². The predicted octanol–water partition coefficient (Wildman–Crippen LogP) is 1.56. The molecule has 1 unspecified atom stereocenters. The van der Waals surface area contributed by atoms with Gasteiger partial charge in [0.05, 0.1) is 12.7 Å². The lowest BCUT2D eigenvalue weighted by molar-refractivity contribution is 0.0672. The number of benzene rings is 1. The van der Waals surface area contributed by atoms with Crippen LogP contribution in [-0.2, 0) is 19.1 Å². The third kappa shape index (κ3) is 5.56. The van der Waals surface area contributed by atoms with Gasteiger partial charge >= 0.3 is 0 Å². The van der Waals surface area contributed by atoms with Gasteiger partial charge in [0.2, 0.25) is 0 Å². The molecule has 2 aromatic rings. The molecular weight excluding hydrogens is 321 g/mol. The number of aliphatic hydroxyl groups is 1. The summed E-state index contributed by atoms with van der Waals surface area (Å²) >= 11 is 0. The third-order valence-electron chi connectivity index (χ3n) is 3.86. The topological polar surface area (TPSA) is 74.5 Å². The molecule has 1 heterocycles. The fraction of sp³-hybridized carbons (Fsp3) is 0.444. The molecule has 0 spiro atoms. The van der Waals surface area contributed by atoms with E-state index in [0.29, 0.717) is 36.6 Å². The summed E-state index contributed by atoms with van der Waals surface area (Å²) < 4.78 is 15.3. The molecule has 1 aromatic carbocycles. The largest absolute Gasteiger partial charge is 0.383 e. The minimum Gasteiger partial charge on any atom is -0.383 e. The number of aliphatic imine (C=N–C) groups is 1. The maximum atomic E-state index is 13.6. The van der Waals surface area contributed by atoms with Gasteiger partial charge < -0.3 is 15.7 Å². The molecule has 0 aliphatic heterocycles. The van der Waals surface area contributed by atoms with Crippen LogP contribution in [0.4, 0.5) is 4.39 Å². The van der Waals surface area contributed by atoms with Crippen LogP contribution in [-0.4, -0.2) is 40.5 Å². The maximum Gasteiger partial charge on any atom is 0.191 e. The highest BCUT2D eigenvalue weighted by atomic mass is 19.1. The smallest absolute Gasteiger partial charge is 0.191 e. The molecule has 6 nitrogen and oxygen atoms in total. The molecule has 1 aromatic heterocycles. The molecule has 136 valence electrons. The SMILES string of the molecule is CCNC(=NCC(C)(O)c1cnn(C)c1)NCCc1ccccc1F. The Morgan fingerprint density at radius 1 is 1.36 bits per heavy atom. The van der Waals surface area contributed by atoms with E-state index in [9.17, 15) is 9.50 Å². The first-order chi connectivity index (χ1) is 11.9. The van der Waals surface area contributed by atoms with Crippen molar-refractivity contribution in [1.29, 1.82) is 0 Å². The number of nitrogens with one attached hydrogen (secondary N) is 2. The van der Waals surface area contributed by atoms with E-state index in [1.807, 2.05) is 13.0 Å². The number of guanidine groups is 1. The van der Waals surface area contributed by atoms with Crippen molar-refractivity contribution in [3.8, 4) is 0 Å². The van der Waals surface area contributed by atoms with Gasteiger partial charge in [-0.1, -0.05) is 18.2 Å². The molecule has 2 rings (SSSR count). The van der Waals surface area contributed by atoms with E-state index in [1.165, 1.54) is 6.07 Å². The molecule has 0 bridgehead atoms. The van der Waals surface area contributed by atoms with Crippen molar-refractivity contribution in [2.45, 2.75) is 25.9 Å². The van der Waals surface area contributed by atoms with Crippen LogP contribution < -0.4 is 10.6 Å². The Kier molecular flexibility index (Phi) is 6.52. The highest BCUT2D eigenvalue weighted by Gasteiger charge is 2.24. The van der Waals surface area contributed by atoms with Crippen LogP contribution in [0.15, 0.2) is 41.7 Å². The first-order valence-electron chi connectivity index (χ1n) is 8.39. The van der Waals surface area contributed by atoms with Gasteiger partial charge in [0.15, 0.2) is 5.96 Å². The Bertz CT molecular complexity index is 711. The molecule has 7 heteroatoms. The third-order valence-corrected chi connectivity index (χ3v) is 3.86. The molecule has 3 N–H and O–H groups in total. The second kappa shape index (κ2) is 8.62. The highest BCUT2D eigenvalue weighted by molar-refractivity contribution is 5.79. The van der Waals surface area contributed by atoms with E-state index in [0.717, 1.165) is 0 Å². The molecule has 0 aliphatic carbocycles. The monoisotopic (exact) mass is 347 g/mol. The van der Waals surface area contributed by atoms with Gasteiger partial charge in [-0.2, -0.15) is 5.10 Å². The van der Waals surface area contributed by atoms with Crippen molar-refractivity contribution < 1.29 is 9.50 Å². The molecule has 25 heavy (non-hydrogen) atoms. The Hall–Kier alpha value is -2.41. The maximum absolute atomic E-state index is 13.6. The van der Waals surface area contributed by atoms with Gasteiger partial charge in [0.1, 0.15) is 11.4 Å². The fourth-order valence-corrected chi connectivity index (χ4v) is 2.38. The summed E-state index contributed by atoms with van der Waals surface area (Å²) in [5.41, 5.74) is 0.261. The number of nitrogens with zero attached hydrogens (tertiary/aromatic N) is 3. The molecule has 0 saturated heterocycles. The lowest BCUT2D eigenvalue weighted by atomic mass is 10.0. The van der Waals surface area contributed by atoms with Crippen LogP contribution >= 0.6 is 0 Å². The van der Waals surface area contributed by atoms with E-state index < -0.39 is 5.60 Å². The summed E-state index contributed by atoms with van der Waals surface area (Å²) in [6.45, 7) is 5.10.